The molecule has 24 heavy (non-hydrogen) atoms. The molecule has 0 amide bonds. The lowest BCUT2D eigenvalue weighted by molar-refractivity contribution is -0.129. The van der Waals surface area contributed by atoms with Crippen molar-refractivity contribution in [3.8, 4) is 0 Å². The summed E-state index contributed by atoms with van der Waals surface area (Å²) in [5.74, 6) is 0. The molecule has 0 heterocycles. The SMILES string of the molecule is OCCCCCCO.OCCCOC[C@H](O)[C@@H](O)[C@H](O)[C@H](O)CO. The van der Waals surface area contributed by atoms with Crippen molar-refractivity contribution < 1.29 is 45.6 Å². The molecule has 4 atom stereocenters. The van der Waals surface area contributed by atoms with Crippen molar-refractivity contribution in [1.29, 1.82) is 0 Å². The Morgan fingerprint density at radius 2 is 1.04 bits per heavy atom. The van der Waals surface area contributed by atoms with E-state index in [4.69, 9.17) is 30.3 Å². The zero-order chi connectivity index (χ0) is 18.8. The molecule has 0 saturated heterocycles. The molecule has 0 unspecified atom stereocenters. The fraction of sp³-hybridized carbons (Fsp3) is 1.00. The van der Waals surface area contributed by atoms with Gasteiger partial charge in [-0.25, -0.2) is 0 Å². The van der Waals surface area contributed by atoms with Crippen LogP contribution >= 0.6 is 0 Å². The van der Waals surface area contributed by atoms with Gasteiger partial charge in [-0.3, -0.25) is 0 Å². The Morgan fingerprint density at radius 3 is 1.46 bits per heavy atom. The monoisotopic (exact) mass is 358 g/mol. The lowest BCUT2D eigenvalue weighted by atomic mass is 10.0. The van der Waals surface area contributed by atoms with Crippen molar-refractivity contribution >= 4 is 0 Å². The molecule has 0 rings (SSSR count). The molecule has 9 nitrogen and oxygen atoms in total. The van der Waals surface area contributed by atoms with Gasteiger partial charge >= 0.3 is 0 Å². The second kappa shape index (κ2) is 19.0. The van der Waals surface area contributed by atoms with Gasteiger partial charge in [0.1, 0.15) is 24.4 Å². The molecule has 0 aromatic carbocycles. The van der Waals surface area contributed by atoms with E-state index in [1.54, 1.807) is 0 Å². The van der Waals surface area contributed by atoms with E-state index in [0.29, 0.717) is 6.42 Å². The third-order valence-corrected chi connectivity index (χ3v) is 3.13. The molecule has 0 radical (unpaired) electrons. The molecule has 148 valence electrons. The number of aliphatic hydroxyl groups excluding tert-OH is 8. The minimum atomic E-state index is -1.64. The molecule has 0 aliphatic heterocycles. The van der Waals surface area contributed by atoms with Gasteiger partial charge in [-0.05, 0) is 19.3 Å². The van der Waals surface area contributed by atoms with Crippen LogP contribution in [0.1, 0.15) is 32.1 Å². The maximum atomic E-state index is 9.34. The van der Waals surface area contributed by atoms with Gasteiger partial charge in [0.25, 0.3) is 0 Å². The molecule has 0 aliphatic rings. The second-order valence-corrected chi connectivity index (χ2v) is 5.31. The van der Waals surface area contributed by atoms with Gasteiger partial charge in [-0.15, -0.1) is 0 Å². The van der Waals surface area contributed by atoms with Gasteiger partial charge in [-0.1, -0.05) is 12.8 Å². The second-order valence-electron chi connectivity index (χ2n) is 5.31. The molecule has 0 fully saturated rings. The van der Waals surface area contributed by atoms with Crippen LogP contribution in [-0.4, -0.2) is 105 Å². The number of rotatable bonds is 14. The molecule has 0 saturated carbocycles. The molecular weight excluding hydrogens is 324 g/mol. The Labute approximate surface area is 142 Å². The topological polar surface area (TPSA) is 171 Å². The first-order chi connectivity index (χ1) is 11.5. The van der Waals surface area contributed by atoms with Crippen LogP contribution in [0, 0.1) is 0 Å². The van der Waals surface area contributed by atoms with Crippen molar-refractivity contribution in [1.82, 2.24) is 0 Å². The Hall–Kier alpha value is -0.360. The Bertz CT molecular complexity index is 237. The normalized spacial score (nSPS) is 16.0. The van der Waals surface area contributed by atoms with Crippen molar-refractivity contribution in [3.05, 3.63) is 0 Å². The summed E-state index contributed by atoms with van der Waals surface area (Å²) in [4.78, 5) is 0. The molecule has 0 spiro atoms. The first kappa shape index (κ1) is 25.9. The zero-order valence-corrected chi connectivity index (χ0v) is 14.1. The first-order valence-electron chi connectivity index (χ1n) is 8.19. The van der Waals surface area contributed by atoms with Crippen LogP contribution in [0.3, 0.4) is 0 Å². The van der Waals surface area contributed by atoms with E-state index in [0.717, 1.165) is 25.7 Å². The summed E-state index contributed by atoms with van der Waals surface area (Å²) >= 11 is 0. The number of hydrogen-bond donors (Lipinski definition) is 8. The van der Waals surface area contributed by atoms with E-state index >= 15 is 0 Å². The average Bonchev–Trinajstić information content (AvgIpc) is 2.60. The van der Waals surface area contributed by atoms with Crippen LogP contribution in [0.5, 0.6) is 0 Å². The Morgan fingerprint density at radius 1 is 0.583 bits per heavy atom. The highest BCUT2D eigenvalue weighted by atomic mass is 16.5. The van der Waals surface area contributed by atoms with Crippen LogP contribution in [0.15, 0.2) is 0 Å². The maximum absolute atomic E-state index is 9.34. The molecule has 0 bridgehead atoms. The quantitative estimate of drug-likeness (QED) is 0.154. The Kier molecular flexibility index (Phi) is 20.5. The molecule has 0 aromatic rings. The fourth-order valence-electron chi connectivity index (χ4n) is 1.61. The van der Waals surface area contributed by atoms with Crippen LogP contribution < -0.4 is 0 Å². The zero-order valence-electron chi connectivity index (χ0n) is 14.1. The predicted molar refractivity (Wildman–Crippen MR) is 86.3 cm³/mol. The summed E-state index contributed by atoms with van der Waals surface area (Å²) in [6.07, 6.45) is -1.88. The average molecular weight is 358 g/mol. The van der Waals surface area contributed by atoms with E-state index in [2.05, 4.69) is 0 Å². The smallest absolute Gasteiger partial charge is 0.111 e. The van der Waals surface area contributed by atoms with Crippen molar-refractivity contribution in [3.63, 3.8) is 0 Å². The van der Waals surface area contributed by atoms with E-state index in [-0.39, 0.29) is 33.0 Å². The van der Waals surface area contributed by atoms with Gasteiger partial charge in [0.2, 0.25) is 0 Å². The summed E-state index contributed by atoms with van der Waals surface area (Å²) < 4.78 is 4.90. The first-order valence-corrected chi connectivity index (χ1v) is 8.19. The summed E-state index contributed by atoms with van der Waals surface area (Å²) in [5.41, 5.74) is 0. The number of hydrogen-bond acceptors (Lipinski definition) is 9. The maximum Gasteiger partial charge on any atom is 0.111 e. The minimum Gasteiger partial charge on any atom is -0.396 e. The number of unbranched alkanes of at least 4 members (excludes halogenated alkanes) is 3. The number of ether oxygens (including phenoxy) is 1. The lowest BCUT2D eigenvalue weighted by Gasteiger charge is -2.25. The predicted octanol–water partition coefficient (Wildman–Crippen LogP) is -2.65. The third kappa shape index (κ3) is 15.2. The van der Waals surface area contributed by atoms with E-state index in [1.807, 2.05) is 0 Å². The van der Waals surface area contributed by atoms with E-state index in [9.17, 15) is 15.3 Å². The largest absolute Gasteiger partial charge is 0.396 e. The van der Waals surface area contributed by atoms with Gasteiger partial charge in [-0.2, -0.15) is 0 Å². The van der Waals surface area contributed by atoms with Crippen molar-refractivity contribution in [2.24, 2.45) is 0 Å². The summed E-state index contributed by atoms with van der Waals surface area (Å²) in [7, 11) is 0. The van der Waals surface area contributed by atoms with Gasteiger partial charge < -0.3 is 45.6 Å². The number of aliphatic hydroxyl groups is 8. The Balaban J connectivity index is 0. The highest BCUT2D eigenvalue weighted by Gasteiger charge is 2.29. The lowest BCUT2D eigenvalue weighted by Crippen LogP contribution is -2.47. The third-order valence-electron chi connectivity index (χ3n) is 3.13. The van der Waals surface area contributed by atoms with Gasteiger partial charge in [0.05, 0.1) is 13.2 Å². The molecule has 9 heteroatoms. The summed E-state index contributed by atoms with van der Waals surface area (Å²) in [6.45, 7) is -0.188. The van der Waals surface area contributed by atoms with E-state index < -0.39 is 31.0 Å². The van der Waals surface area contributed by atoms with Crippen LogP contribution in [0.25, 0.3) is 0 Å². The van der Waals surface area contributed by atoms with Crippen LogP contribution in [0.2, 0.25) is 0 Å². The van der Waals surface area contributed by atoms with Crippen LogP contribution in [0.4, 0.5) is 0 Å². The van der Waals surface area contributed by atoms with Gasteiger partial charge in [0, 0.05) is 26.4 Å². The highest BCUT2D eigenvalue weighted by Crippen LogP contribution is 2.05. The minimum absolute atomic E-state index is 0.0372. The summed E-state index contributed by atoms with van der Waals surface area (Å²) in [6, 6.07) is 0. The molecule has 0 aromatic heterocycles. The fourth-order valence-corrected chi connectivity index (χ4v) is 1.61. The van der Waals surface area contributed by atoms with Crippen molar-refractivity contribution in [2.45, 2.75) is 56.5 Å². The standard InChI is InChI=1S/C9H20O7.C6H14O2/c10-2-1-3-16-5-7(13)9(15)8(14)6(12)4-11;7-5-3-1-2-4-6-8/h6-15H,1-5H2;7-8H,1-6H2/t6-,7+,8-,9-;/m1./s1. The molecule has 0 aliphatic carbocycles. The van der Waals surface area contributed by atoms with Gasteiger partial charge in [0.15, 0.2) is 0 Å². The van der Waals surface area contributed by atoms with Crippen molar-refractivity contribution in [2.75, 3.05) is 39.6 Å². The summed E-state index contributed by atoms with van der Waals surface area (Å²) in [5, 5.41) is 70.5. The molecular formula is C15H34O9. The highest BCUT2D eigenvalue weighted by molar-refractivity contribution is 4.80. The molecule has 8 N–H and O–H groups in total. The van der Waals surface area contributed by atoms with Crippen LogP contribution in [-0.2, 0) is 4.74 Å². The van der Waals surface area contributed by atoms with E-state index in [1.165, 1.54) is 0 Å².